The minimum Gasteiger partial charge on any atom is -0.489 e. The fourth-order valence-corrected chi connectivity index (χ4v) is 6.95. The average Bonchev–Trinajstić information content (AvgIpc) is 3.04. The highest BCUT2D eigenvalue weighted by Crippen LogP contribution is 2.43. The summed E-state index contributed by atoms with van der Waals surface area (Å²) < 4.78 is 87.1. The average molecular weight is 527 g/mol. The van der Waals surface area contributed by atoms with E-state index in [2.05, 4.69) is 9.62 Å². The van der Waals surface area contributed by atoms with Crippen LogP contribution in [0.1, 0.15) is 53.9 Å². The van der Waals surface area contributed by atoms with E-state index >= 15 is 0 Å². The topological polar surface area (TPSA) is 58.6 Å². The third kappa shape index (κ3) is 5.26. The number of ether oxygens (including phenoxy) is 1. The van der Waals surface area contributed by atoms with E-state index in [-0.39, 0.29) is 36.1 Å². The van der Waals surface area contributed by atoms with Crippen LogP contribution in [0, 0.1) is 5.82 Å². The van der Waals surface area contributed by atoms with Gasteiger partial charge in [0.25, 0.3) is 0 Å². The van der Waals surface area contributed by atoms with E-state index in [1.54, 1.807) is 12.1 Å². The molecule has 196 valence electrons. The van der Waals surface area contributed by atoms with E-state index in [9.17, 15) is 26.0 Å². The van der Waals surface area contributed by atoms with Crippen LogP contribution in [0.25, 0.3) is 0 Å². The second-order valence-electron chi connectivity index (χ2n) is 9.99. The predicted molar refractivity (Wildman–Crippen MR) is 128 cm³/mol. The summed E-state index contributed by atoms with van der Waals surface area (Å²) in [4.78, 5) is 2.31. The summed E-state index contributed by atoms with van der Waals surface area (Å²) in [5.41, 5.74) is 1.65. The van der Waals surface area contributed by atoms with Crippen molar-refractivity contribution in [2.45, 2.75) is 61.9 Å². The number of rotatable bonds is 9. The first-order chi connectivity index (χ1) is 17.1. The first-order valence-corrected chi connectivity index (χ1v) is 14.0. The molecule has 0 amide bonds. The fourth-order valence-electron chi connectivity index (χ4n) is 5.39. The Bertz CT molecular complexity index is 1210. The van der Waals surface area contributed by atoms with Gasteiger partial charge in [-0.25, -0.2) is 17.5 Å². The first-order valence-electron chi connectivity index (χ1n) is 12.5. The maximum Gasteiger partial charge on any atom is 0.416 e. The number of halogens is 4. The van der Waals surface area contributed by atoms with Crippen molar-refractivity contribution in [3.63, 3.8) is 0 Å². The van der Waals surface area contributed by atoms with Gasteiger partial charge in [-0.1, -0.05) is 24.6 Å². The minimum atomic E-state index is -4.41. The summed E-state index contributed by atoms with van der Waals surface area (Å²) in [5.74, 6) is -0.573. The molecule has 0 bridgehead atoms. The molecule has 2 fully saturated rings. The number of sulfonamides is 1. The molecular formula is C26H30F4N2O3S. The number of likely N-dealkylation sites (tertiary alicyclic amines) is 1. The monoisotopic (exact) mass is 526 g/mol. The smallest absolute Gasteiger partial charge is 0.416 e. The zero-order valence-corrected chi connectivity index (χ0v) is 20.7. The molecule has 10 heteroatoms. The van der Waals surface area contributed by atoms with E-state index in [1.165, 1.54) is 18.2 Å². The molecule has 1 N–H and O–H groups in total. The maximum atomic E-state index is 14.9. The lowest BCUT2D eigenvalue weighted by molar-refractivity contribution is -0.137. The Morgan fingerprint density at radius 2 is 1.86 bits per heavy atom. The van der Waals surface area contributed by atoms with Crippen LogP contribution in [0.15, 0.2) is 36.4 Å². The second kappa shape index (κ2) is 9.95. The quantitative estimate of drug-likeness (QED) is 0.382. The fraction of sp³-hybridized carbons (Fsp3) is 0.538. The second-order valence-corrected chi connectivity index (χ2v) is 12.0. The van der Waals surface area contributed by atoms with Gasteiger partial charge in [-0.2, -0.15) is 13.2 Å². The molecule has 1 saturated heterocycles. The van der Waals surface area contributed by atoms with Crippen molar-refractivity contribution in [2.75, 3.05) is 26.2 Å². The Morgan fingerprint density at radius 3 is 2.50 bits per heavy atom. The maximum absolute atomic E-state index is 14.9. The van der Waals surface area contributed by atoms with E-state index in [1.807, 2.05) is 0 Å². The highest BCUT2D eigenvalue weighted by Gasteiger charge is 2.39. The number of fused-ring (bicyclic) bond motifs is 1. The molecule has 5 nitrogen and oxygen atoms in total. The van der Waals surface area contributed by atoms with Crippen molar-refractivity contribution in [3.8, 4) is 5.75 Å². The van der Waals surface area contributed by atoms with E-state index in [0.29, 0.717) is 31.2 Å². The lowest BCUT2D eigenvalue weighted by Gasteiger charge is -2.39. The largest absolute Gasteiger partial charge is 0.489 e. The highest BCUT2D eigenvalue weighted by atomic mass is 32.2. The lowest BCUT2D eigenvalue weighted by Crippen LogP contribution is -2.47. The van der Waals surface area contributed by atoms with Crippen molar-refractivity contribution in [1.82, 2.24) is 9.62 Å². The third-order valence-corrected chi connectivity index (χ3v) is 9.67. The van der Waals surface area contributed by atoms with Crippen LogP contribution < -0.4 is 9.46 Å². The molecule has 1 aliphatic heterocycles. The molecule has 0 aromatic heterocycles. The van der Waals surface area contributed by atoms with Gasteiger partial charge in [-0.3, -0.25) is 4.90 Å². The zero-order chi connectivity index (χ0) is 25.5. The van der Waals surface area contributed by atoms with Crippen molar-refractivity contribution in [3.05, 3.63) is 64.5 Å². The summed E-state index contributed by atoms with van der Waals surface area (Å²) >= 11 is 0. The number of nitrogens with one attached hydrogen (secondary N) is 1. The lowest BCUT2D eigenvalue weighted by atomic mass is 9.88. The van der Waals surface area contributed by atoms with Gasteiger partial charge >= 0.3 is 6.18 Å². The Morgan fingerprint density at radius 1 is 1.08 bits per heavy atom. The van der Waals surface area contributed by atoms with E-state index in [0.717, 1.165) is 43.1 Å². The Kier molecular flexibility index (Phi) is 7.04. The Hall–Kier alpha value is -2.17. The number of hydrogen-bond acceptors (Lipinski definition) is 4. The summed E-state index contributed by atoms with van der Waals surface area (Å²) in [6, 6.07) is 8.60. The van der Waals surface area contributed by atoms with Gasteiger partial charge < -0.3 is 4.74 Å². The molecule has 2 aliphatic carbocycles. The van der Waals surface area contributed by atoms with Crippen LogP contribution in [0.4, 0.5) is 17.6 Å². The van der Waals surface area contributed by atoms with E-state index < -0.39 is 27.6 Å². The molecule has 3 aliphatic rings. The van der Waals surface area contributed by atoms with Crippen molar-refractivity contribution in [1.29, 1.82) is 0 Å². The molecule has 1 saturated carbocycles. The molecule has 2 aromatic rings. The van der Waals surface area contributed by atoms with Crippen LogP contribution in [-0.2, 0) is 29.0 Å². The van der Waals surface area contributed by atoms with Crippen molar-refractivity contribution < 1.29 is 30.7 Å². The standard InChI is InChI=1S/C26H30F4N2O3S/c27-23-14-18-15-24(32-9-3-10-32)22(13-17-4-1-5-19(12-17)26(28,29)30)21(18)16-25(23)35-11-8-31-36(33,34)20-6-2-7-20/h1,4-5,12,14,16,20,22,24,31H,2-3,6-11,13,15H2. The molecule has 0 spiro atoms. The van der Waals surface area contributed by atoms with Gasteiger partial charge in [0.05, 0.1) is 10.8 Å². The number of alkyl halides is 3. The van der Waals surface area contributed by atoms with Crippen LogP contribution in [0.2, 0.25) is 0 Å². The summed E-state index contributed by atoms with van der Waals surface area (Å²) in [6.07, 6.45) is -0.0836. The molecule has 1 heterocycles. The van der Waals surface area contributed by atoms with Crippen LogP contribution in [0.5, 0.6) is 5.75 Å². The van der Waals surface area contributed by atoms with Gasteiger partial charge in [-0.05, 0) is 80.1 Å². The van der Waals surface area contributed by atoms with E-state index in [4.69, 9.17) is 4.74 Å². The highest BCUT2D eigenvalue weighted by molar-refractivity contribution is 7.90. The van der Waals surface area contributed by atoms with Crippen molar-refractivity contribution >= 4 is 10.0 Å². The van der Waals surface area contributed by atoms with Crippen molar-refractivity contribution in [2.24, 2.45) is 0 Å². The van der Waals surface area contributed by atoms with Crippen LogP contribution >= 0.6 is 0 Å². The Balaban J connectivity index is 1.33. The molecule has 5 rings (SSSR count). The summed E-state index contributed by atoms with van der Waals surface area (Å²) in [6.45, 7) is 1.87. The predicted octanol–water partition coefficient (Wildman–Crippen LogP) is 4.65. The number of benzene rings is 2. The van der Waals surface area contributed by atoms with Gasteiger partial charge in [-0.15, -0.1) is 0 Å². The molecular weight excluding hydrogens is 496 g/mol. The zero-order valence-electron chi connectivity index (χ0n) is 19.9. The molecule has 2 aromatic carbocycles. The van der Waals surface area contributed by atoms with Gasteiger partial charge in [0.1, 0.15) is 6.61 Å². The van der Waals surface area contributed by atoms with Gasteiger partial charge in [0.2, 0.25) is 10.0 Å². The third-order valence-electron chi connectivity index (χ3n) is 7.71. The summed E-state index contributed by atoms with van der Waals surface area (Å²) in [7, 11) is -3.38. The Labute approximate surface area is 208 Å². The van der Waals surface area contributed by atoms with Gasteiger partial charge in [0.15, 0.2) is 11.6 Å². The molecule has 2 atom stereocenters. The summed E-state index contributed by atoms with van der Waals surface area (Å²) in [5, 5.41) is -0.357. The van der Waals surface area contributed by atoms with Crippen LogP contribution in [-0.4, -0.2) is 50.9 Å². The number of nitrogens with zero attached hydrogens (tertiary/aromatic N) is 1. The SMILES string of the molecule is O=S(=O)(NCCOc1cc2c(cc1F)CC(N1CCC1)C2Cc1cccc(C(F)(F)F)c1)C1CCC1. The molecule has 2 unspecified atom stereocenters. The molecule has 0 radical (unpaired) electrons. The minimum absolute atomic E-state index is 0.0183. The van der Waals surface area contributed by atoms with Gasteiger partial charge in [0, 0.05) is 18.5 Å². The molecule has 36 heavy (non-hydrogen) atoms. The van der Waals surface area contributed by atoms with Crippen LogP contribution in [0.3, 0.4) is 0 Å². The number of hydrogen-bond donors (Lipinski definition) is 1. The first kappa shape index (κ1) is 25.5. The normalized spacial score (nSPS) is 22.7.